The lowest BCUT2D eigenvalue weighted by Crippen LogP contribution is -2.19. The van der Waals surface area contributed by atoms with E-state index in [2.05, 4.69) is 31.9 Å². The first-order valence-electron chi connectivity index (χ1n) is 5.59. The van der Waals surface area contributed by atoms with E-state index >= 15 is 0 Å². The number of alkyl halides is 2. The molecule has 0 radical (unpaired) electrons. The molecule has 4 saturated carbocycles. The summed E-state index contributed by atoms with van der Waals surface area (Å²) in [6.45, 7) is 0. The molecule has 0 bridgehead atoms. The summed E-state index contributed by atoms with van der Waals surface area (Å²) >= 11 is 7.76. The molecule has 0 aromatic heterocycles. The van der Waals surface area contributed by atoms with Crippen molar-refractivity contribution in [3.8, 4) is 0 Å². The van der Waals surface area contributed by atoms with Crippen LogP contribution in [0, 0.1) is 35.5 Å². The summed E-state index contributed by atoms with van der Waals surface area (Å²) in [4.78, 5) is 0. The molecular weight excluding hydrogens is 292 g/mol. The maximum Gasteiger partial charge on any atom is 0.0874 e. The molecule has 72 valence electrons. The first kappa shape index (κ1) is 8.15. The highest BCUT2D eigenvalue weighted by molar-refractivity contribution is 9.25. The fourth-order valence-corrected chi connectivity index (χ4v) is 7.29. The summed E-state index contributed by atoms with van der Waals surface area (Å²) in [6.07, 6.45) is 6.16. The van der Waals surface area contributed by atoms with Gasteiger partial charge in [-0.25, -0.2) is 0 Å². The Morgan fingerprint density at radius 2 is 1.38 bits per heavy atom. The summed E-state index contributed by atoms with van der Waals surface area (Å²) in [7, 11) is 0. The van der Waals surface area contributed by atoms with Gasteiger partial charge in [0.2, 0.25) is 0 Å². The second kappa shape index (κ2) is 2.21. The Morgan fingerprint density at radius 1 is 0.846 bits per heavy atom. The summed E-state index contributed by atoms with van der Waals surface area (Å²) in [5, 5.41) is 0. The predicted molar refractivity (Wildman–Crippen MR) is 60.0 cm³/mol. The Balaban J connectivity index is 1.77. The van der Waals surface area contributed by atoms with Gasteiger partial charge in [-0.2, -0.15) is 0 Å². The Kier molecular flexibility index (Phi) is 1.39. The molecule has 4 fully saturated rings. The largest absolute Gasteiger partial charge is 0.0874 e. The Hall–Kier alpha value is 0.960. The maximum atomic E-state index is 3.88. The molecule has 0 aromatic rings. The molecule has 4 aliphatic rings. The van der Waals surface area contributed by atoms with E-state index in [9.17, 15) is 0 Å². The van der Waals surface area contributed by atoms with E-state index in [0.717, 1.165) is 35.5 Å². The van der Waals surface area contributed by atoms with Gasteiger partial charge in [-0.3, -0.25) is 0 Å². The quantitative estimate of drug-likeness (QED) is 0.597. The van der Waals surface area contributed by atoms with Gasteiger partial charge in [-0.05, 0) is 61.2 Å². The van der Waals surface area contributed by atoms with Crippen LogP contribution < -0.4 is 0 Å². The molecule has 4 aliphatic carbocycles. The normalized spacial score (nSPS) is 65.1. The fraction of sp³-hybridized carbons (Fsp3) is 1.00. The van der Waals surface area contributed by atoms with Crippen molar-refractivity contribution in [3.63, 3.8) is 0 Å². The van der Waals surface area contributed by atoms with Gasteiger partial charge in [0.05, 0.1) is 3.23 Å². The van der Waals surface area contributed by atoms with E-state index in [1.807, 2.05) is 0 Å². The Morgan fingerprint density at radius 3 is 1.92 bits per heavy atom. The fourth-order valence-electron chi connectivity index (χ4n) is 5.06. The molecule has 13 heavy (non-hydrogen) atoms. The van der Waals surface area contributed by atoms with Gasteiger partial charge in [-0.15, -0.1) is 0 Å². The van der Waals surface area contributed by atoms with Crippen molar-refractivity contribution >= 4 is 31.9 Å². The molecule has 0 aliphatic heterocycles. The Bertz CT molecular complexity index is 249. The number of halogens is 2. The van der Waals surface area contributed by atoms with Crippen molar-refractivity contribution in [2.45, 2.75) is 28.9 Å². The molecule has 0 spiro atoms. The van der Waals surface area contributed by atoms with Gasteiger partial charge in [0, 0.05) is 0 Å². The number of fused-ring (bicyclic) bond motifs is 3. The monoisotopic (exact) mass is 304 g/mol. The summed E-state index contributed by atoms with van der Waals surface area (Å²) < 4.78 is 0.380. The molecule has 0 saturated heterocycles. The molecule has 0 heterocycles. The van der Waals surface area contributed by atoms with Crippen LogP contribution in [-0.4, -0.2) is 3.23 Å². The summed E-state index contributed by atoms with van der Waals surface area (Å²) in [5.41, 5.74) is 0. The average molecular weight is 306 g/mol. The van der Waals surface area contributed by atoms with Crippen LogP contribution in [0.4, 0.5) is 0 Å². The Labute approximate surface area is 96.1 Å². The molecule has 0 aromatic carbocycles. The molecule has 4 unspecified atom stereocenters. The first-order valence-corrected chi connectivity index (χ1v) is 7.17. The zero-order valence-corrected chi connectivity index (χ0v) is 10.7. The lowest BCUT2D eigenvalue weighted by atomic mass is 9.87. The van der Waals surface area contributed by atoms with E-state index in [0.29, 0.717) is 3.23 Å². The summed E-state index contributed by atoms with van der Waals surface area (Å²) in [5.74, 6) is 6.44. The van der Waals surface area contributed by atoms with Gasteiger partial charge in [0.25, 0.3) is 0 Å². The third kappa shape index (κ3) is 0.770. The van der Waals surface area contributed by atoms with Crippen molar-refractivity contribution < 1.29 is 0 Å². The number of hydrogen-bond donors (Lipinski definition) is 0. The molecule has 2 heteroatoms. The summed E-state index contributed by atoms with van der Waals surface area (Å²) in [6, 6.07) is 0. The average Bonchev–Trinajstić information content (AvgIpc) is 2.56. The van der Waals surface area contributed by atoms with Crippen molar-refractivity contribution in [2.24, 2.45) is 35.5 Å². The van der Waals surface area contributed by atoms with Crippen LogP contribution in [0.1, 0.15) is 25.7 Å². The maximum absolute atomic E-state index is 3.88. The van der Waals surface area contributed by atoms with Gasteiger partial charge >= 0.3 is 0 Å². The van der Waals surface area contributed by atoms with Crippen LogP contribution in [0.15, 0.2) is 0 Å². The van der Waals surface area contributed by atoms with Crippen molar-refractivity contribution in [1.29, 1.82) is 0 Å². The second-order valence-corrected chi connectivity index (χ2v) is 9.23. The van der Waals surface area contributed by atoms with Crippen LogP contribution >= 0.6 is 31.9 Å². The van der Waals surface area contributed by atoms with Crippen molar-refractivity contribution in [3.05, 3.63) is 0 Å². The molecule has 0 amide bonds. The molecule has 0 nitrogen and oxygen atoms in total. The molecule has 4 atom stereocenters. The topological polar surface area (TPSA) is 0 Å². The minimum absolute atomic E-state index is 0.380. The third-order valence-corrected chi connectivity index (χ3v) is 7.48. The van der Waals surface area contributed by atoms with E-state index < -0.39 is 0 Å². The van der Waals surface area contributed by atoms with Gasteiger partial charge < -0.3 is 0 Å². The molecule has 4 rings (SSSR count). The molecule has 0 N–H and O–H groups in total. The first-order chi connectivity index (χ1) is 6.21. The zero-order chi connectivity index (χ0) is 8.79. The highest BCUT2D eigenvalue weighted by Crippen LogP contribution is 2.80. The minimum Gasteiger partial charge on any atom is -0.0721 e. The van der Waals surface area contributed by atoms with Crippen LogP contribution in [0.2, 0.25) is 0 Å². The van der Waals surface area contributed by atoms with Gasteiger partial charge in [0.15, 0.2) is 0 Å². The highest BCUT2D eigenvalue weighted by atomic mass is 79.9. The van der Waals surface area contributed by atoms with E-state index in [1.54, 1.807) is 12.8 Å². The van der Waals surface area contributed by atoms with E-state index in [4.69, 9.17) is 0 Å². The SMILES string of the molecule is BrC1(Br)C2C3CCC4CCC(C43)C21. The lowest BCUT2D eigenvalue weighted by molar-refractivity contribution is 0.303. The number of rotatable bonds is 0. The smallest absolute Gasteiger partial charge is 0.0721 e. The van der Waals surface area contributed by atoms with Crippen LogP contribution in [0.3, 0.4) is 0 Å². The lowest BCUT2D eigenvalue weighted by Gasteiger charge is -2.22. The van der Waals surface area contributed by atoms with Crippen molar-refractivity contribution in [1.82, 2.24) is 0 Å². The van der Waals surface area contributed by atoms with E-state index in [1.165, 1.54) is 12.8 Å². The third-order valence-electron chi connectivity index (χ3n) is 5.36. The minimum atomic E-state index is 0.380. The standard InChI is InChI=1S/C11H14Br2/c12-11(13)9-6-3-1-5-2-4-7(8(5)6)10(9)11/h5-10H,1-4H2. The number of hydrogen-bond acceptors (Lipinski definition) is 0. The second-order valence-electron chi connectivity index (χ2n) is 5.55. The van der Waals surface area contributed by atoms with E-state index in [-0.39, 0.29) is 0 Å². The van der Waals surface area contributed by atoms with Gasteiger partial charge in [0.1, 0.15) is 0 Å². The van der Waals surface area contributed by atoms with Crippen molar-refractivity contribution in [2.75, 3.05) is 0 Å². The van der Waals surface area contributed by atoms with Crippen LogP contribution in [0.5, 0.6) is 0 Å². The highest BCUT2D eigenvalue weighted by Gasteiger charge is 2.76. The van der Waals surface area contributed by atoms with Crippen LogP contribution in [0.25, 0.3) is 0 Å². The molecular formula is C11H14Br2. The van der Waals surface area contributed by atoms with Gasteiger partial charge in [-0.1, -0.05) is 31.9 Å². The zero-order valence-electron chi connectivity index (χ0n) is 7.55. The van der Waals surface area contributed by atoms with Crippen LogP contribution in [-0.2, 0) is 0 Å². The predicted octanol–water partition coefficient (Wildman–Crippen LogP) is 3.78.